The predicted molar refractivity (Wildman–Crippen MR) is 159 cm³/mol. The van der Waals surface area contributed by atoms with Crippen LogP contribution in [0.5, 0.6) is 11.5 Å². The number of nitrogens with two attached hydrogens (primary N) is 1. The SMILES string of the molecule is CCC(=CCOc1ccccc1F)[C@H]1O[C@@H](Oc2ccc(C=C(C)C(=O)N[C@@H]3[C@H](O)[C@@H](O)[C@H]4OCO[C@H]4[C@@H]3O)cc2N)C[C@@H]1O. The van der Waals surface area contributed by atoms with E-state index in [2.05, 4.69) is 5.32 Å². The predicted octanol–water partition coefficient (Wildman–Crippen LogP) is 1.40. The third kappa shape index (κ3) is 7.31. The number of nitrogens with one attached hydrogen (secondary N) is 1. The lowest BCUT2D eigenvalue weighted by Gasteiger charge is -2.41. The highest BCUT2D eigenvalue weighted by molar-refractivity contribution is 5.97. The first-order valence-corrected chi connectivity index (χ1v) is 14.8. The highest BCUT2D eigenvalue weighted by Crippen LogP contribution is 2.33. The summed E-state index contributed by atoms with van der Waals surface area (Å²) in [6.45, 7) is 3.45. The van der Waals surface area contributed by atoms with Gasteiger partial charge < -0.3 is 55.2 Å². The number of fused-ring (bicyclic) bond motifs is 1. The number of para-hydroxylation sites is 1. The number of rotatable bonds is 10. The van der Waals surface area contributed by atoms with E-state index in [4.69, 9.17) is 29.4 Å². The Morgan fingerprint density at radius 3 is 2.51 bits per heavy atom. The Morgan fingerprint density at radius 2 is 1.80 bits per heavy atom. The highest BCUT2D eigenvalue weighted by atomic mass is 19.1. The van der Waals surface area contributed by atoms with Crippen LogP contribution in [0.2, 0.25) is 0 Å². The second-order valence-electron chi connectivity index (χ2n) is 11.3. The van der Waals surface area contributed by atoms with Gasteiger partial charge in [0.15, 0.2) is 11.6 Å². The molecule has 0 spiro atoms. The van der Waals surface area contributed by atoms with Gasteiger partial charge in [-0.2, -0.15) is 0 Å². The molecule has 0 aromatic heterocycles. The molecule has 2 aliphatic heterocycles. The van der Waals surface area contributed by atoms with Crippen molar-refractivity contribution in [2.45, 2.75) is 81.7 Å². The molecule has 244 valence electrons. The number of benzene rings is 2. The van der Waals surface area contributed by atoms with E-state index >= 15 is 0 Å². The number of aliphatic hydroxyl groups excluding tert-OH is 4. The summed E-state index contributed by atoms with van der Waals surface area (Å²) in [4.78, 5) is 12.9. The first-order chi connectivity index (χ1) is 21.6. The van der Waals surface area contributed by atoms with E-state index in [9.17, 15) is 29.6 Å². The Hall–Kier alpha value is -3.56. The average molecular weight is 631 g/mol. The summed E-state index contributed by atoms with van der Waals surface area (Å²) in [6.07, 6.45) is -3.98. The molecule has 9 atom stereocenters. The lowest BCUT2D eigenvalue weighted by Crippen LogP contribution is -2.67. The molecule has 0 radical (unpaired) electrons. The van der Waals surface area contributed by atoms with E-state index < -0.39 is 66.8 Å². The molecule has 1 saturated carbocycles. The van der Waals surface area contributed by atoms with Crippen LogP contribution in [0.15, 0.2) is 59.7 Å². The van der Waals surface area contributed by atoms with Crippen LogP contribution < -0.4 is 20.5 Å². The van der Waals surface area contributed by atoms with E-state index in [0.717, 1.165) is 5.57 Å². The second kappa shape index (κ2) is 14.3. The van der Waals surface area contributed by atoms with Gasteiger partial charge in [0.25, 0.3) is 0 Å². The lowest BCUT2D eigenvalue weighted by atomic mass is 9.83. The van der Waals surface area contributed by atoms with Crippen molar-refractivity contribution < 1.29 is 53.3 Å². The number of aliphatic hydroxyl groups is 4. The number of carbonyl (C=O) groups is 1. The molecule has 2 aromatic carbocycles. The van der Waals surface area contributed by atoms with Crippen molar-refractivity contribution in [3.63, 3.8) is 0 Å². The van der Waals surface area contributed by atoms with Crippen molar-refractivity contribution in [2.24, 2.45) is 0 Å². The summed E-state index contributed by atoms with van der Waals surface area (Å²) in [6, 6.07) is 9.86. The van der Waals surface area contributed by atoms with E-state index in [0.29, 0.717) is 17.7 Å². The molecule has 45 heavy (non-hydrogen) atoms. The standard InChI is InChI=1S/C32H39FN2O10/c1-3-18(10-11-41-22-7-5-4-6-19(22)33)29-21(36)14-24(45-29)44-23-9-8-17(13-20(23)34)12-16(2)32(40)35-25-26(37)28(39)31-30(27(25)38)42-15-43-31/h4-10,12-13,21,24-31,36-39H,3,11,14-15,34H2,1-2H3,(H,35,40)/t21-,24+,25+,26-,27+,28+,29+,30-,31+/m0/s1. The fourth-order valence-electron chi connectivity index (χ4n) is 5.75. The maximum Gasteiger partial charge on any atom is 0.247 e. The molecule has 3 aliphatic rings. The molecule has 0 unspecified atom stereocenters. The lowest BCUT2D eigenvalue weighted by molar-refractivity contribution is -0.155. The molecule has 13 heteroatoms. The normalized spacial score (nSPS) is 31.8. The topological polar surface area (TPSA) is 182 Å². The molecule has 12 nitrogen and oxygen atoms in total. The van der Waals surface area contributed by atoms with Gasteiger partial charge in [0.2, 0.25) is 12.2 Å². The quantitative estimate of drug-likeness (QED) is 0.127. The highest BCUT2D eigenvalue weighted by Gasteiger charge is 2.53. The van der Waals surface area contributed by atoms with Gasteiger partial charge >= 0.3 is 0 Å². The van der Waals surface area contributed by atoms with Gasteiger partial charge in [0.1, 0.15) is 55.8 Å². The van der Waals surface area contributed by atoms with Gasteiger partial charge in [0, 0.05) is 12.0 Å². The monoisotopic (exact) mass is 630 g/mol. The molecular formula is C32H39FN2O10. The number of hydrogen-bond donors (Lipinski definition) is 6. The molecule has 5 rings (SSSR count). The third-order valence-electron chi connectivity index (χ3n) is 8.21. The summed E-state index contributed by atoms with van der Waals surface area (Å²) in [5.74, 6) is -0.565. The Morgan fingerprint density at radius 1 is 1.07 bits per heavy atom. The van der Waals surface area contributed by atoms with Gasteiger partial charge in [-0.15, -0.1) is 0 Å². The molecule has 1 aliphatic carbocycles. The van der Waals surface area contributed by atoms with Gasteiger partial charge in [0.05, 0.1) is 17.8 Å². The molecule has 2 saturated heterocycles. The maximum absolute atomic E-state index is 13.8. The number of carbonyl (C=O) groups excluding carboxylic acids is 1. The number of ether oxygens (including phenoxy) is 5. The van der Waals surface area contributed by atoms with E-state index in [1.807, 2.05) is 6.92 Å². The zero-order valence-electron chi connectivity index (χ0n) is 24.9. The summed E-state index contributed by atoms with van der Waals surface area (Å²) >= 11 is 0. The molecule has 1 amide bonds. The maximum atomic E-state index is 13.8. The van der Waals surface area contributed by atoms with Crippen molar-refractivity contribution in [3.8, 4) is 11.5 Å². The molecule has 2 heterocycles. The fraction of sp³-hybridized carbons (Fsp3) is 0.469. The zero-order chi connectivity index (χ0) is 32.2. The third-order valence-corrected chi connectivity index (χ3v) is 8.21. The molecule has 0 bridgehead atoms. The minimum absolute atomic E-state index is 0.107. The van der Waals surface area contributed by atoms with Crippen LogP contribution in [-0.4, -0.2) is 94.8 Å². The van der Waals surface area contributed by atoms with Gasteiger partial charge in [-0.25, -0.2) is 4.39 Å². The van der Waals surface area contributed by atoms with Crippen molar-refractivity contribution in [1.82, 2.24) is 5.32 Å². The summed E-state index contributed by atoms with van der Waals surface area (Å²) in [5.41, 5.74) is 8.14. The zero-order valence-corrected chi connectivity index (χ0v) is 24.9. The van der Waals surface area contributed by atoms with E-state index in [1.54, 1.807) is 49.4 Å². The van der Waals surface area contributed by atoms with Crippen LogP contribution in [0, 0.1) is 5.82 Å². The first-order valence-electron chi connectivity index (χ1n) is 14.8. The number of nitrogen functional groups attached to an aromatic ring is 1. The van der Waals surface area contributed by atoms with Gasteiger partial charge in [-0.05, 0) is 60.9 Å². The first kappa shape index (κ1) is 32.8. The minimum atomic E-state index is -1.46. The summed E-state index contributed by atoms with van der Waals surface area (Å²) in [5, 5.41) is 44.7. The number of hydrogen-bond acceptors (Lipinski definition) is 11. The number of anilines is 1. The summed E-state index contributed by atoms with van der Waals surface area (Å²) in [7, 11) is 0. The van der Waals surface area contributed by atoms with Crippen molar-refractivity contribution in [3.05, 3.63) is 71.1 Å². The Labute approximate surface area is 259 Å². The average Bonchev–Trinajstić information content (AvgIpc) is 3.65. The summed E-state index contributed by atoms with van der Waals surface area (Å²) < 4.78 is 41.8. The fourth-order valence-corrected chi connectivity index (χ4v) is 5.75. The molecule has 3 fully saturated rings. The second-order valence-corrected chi connectivity index (χ2v) is 11.3. The van der Waals surface area contributed by atoms with Crippen molar-refractivity contribution in [1.29, 1.82) is 0 Å². The smallest absolute Gasteiger partial charge is 0.247 e. The van der Waals surface area contributed by atoms with Crippen molar-refractivity contribution >= 4 is 17.7 Å². The number of amides is 1. The Kier molecular flexibility index (Phi) is 10.4. The van der Waals surface area contributed by atoms with Crippen LogP contribution in [0.3, 0.4) is 0 Å². The Balaban J connectivity index is 1.17. The largest absolute Gasteiger partial charge is 0.486 e. The van der Waals surface area contributed by atoms with Crippen LogP contribution in [0.4, 0.5) is 10.1 Å². The van der Waals surface area contributed by atoms with E-state index in [-0.39, 0.29) is 36.8 Å². The van der Waals surface area contributed by atoms with Crippen LogP contribution in [0.25, 0.3) is 6.08 Å². The van der Waals surface area contributed by atoms with E-state index in [1.165, 1.54) is 12.1 Å². The minimum Gasteiger partial charge on any atom is -0.486 e. The Bertz CT molecular complexity index is 1420. The van der Waals surface area contributed by atoms with Gasteiger partial charge in [-0.3, -0.25) is 4.79 Å². The molecular weight excluding hydrogens is 591 g/mol. The van der Waals surface area contributed by atoms with Crippen molar-refractivity contribution in [2.75, 3.05) is 19.1 Å². The van der Waals surface area contributed by atoms with Crippen LogP contribution >= 0.6 is 0 Å². The van der Waals surface area contributed by atoms with Crippen LogP contribution in [-0.2, 0) is 19.0 Å². The molecule has 7 N–H and O–H groups in total. The van der Waals surface area contributed by atoms with Gasteiger partial charge in [-0.1, -0.05) is 25.1 Å². The van der Waals surface area contributed by atoms with Crippen LogP contribution in [0.1, 0.15) is 32.3 Å². The molecule has 2 aromatic rings. The number of halogens is 1.